The van der Waals surface area contributed by atoms with E-state index in [1.807, 2.05) is 28.9 Å². The Morgan fingerprint density at radius 3 is 2.39 bits per heavy atom. The van der Waals surface area contributed by atoms with Crippen molar-refractivity contribution < 1.29 is 19.0 Å². The van der Waals surface area contributed by atoms with E-state index in [-0.39, 0.29) is 5.91 Å². The summed E-state index contributed by atoms with van der Waals surface area (Å²) in [5.41, 5.74) is 4.52. The molecule has 1 aromatic heterocycles. The van der Waals surface area contributed by atoms with Crippen molar-refractivity contribution in [3.8, 4) is 22.9 Å². The standard InChI is InChI=1S/C24H27N3O4/c1-15-7-5-6-8-19(15)27-23(16-9-10-16)18(14-26-27)24(28)25-13-17-11-21(30-3)22(31-4)12-20(17)29-2/h5-8,11-12,14,16H,9-10,13H2,1-4H3,(H,25,28). The summed E-state index contributed by atoms with van der Waals surface area (Å²) in [6, 6.07) is 11.6. The van der Waals surface area contributed by atoms with Gasteiger partial charge in [0.15, 0.2) is 11.5 Å². The van der Waals surface area contributed by atoms with Gasteiger partial charge in [-0.05, 0) is 37.5 Å². The molecule has 0 atom stereocenters. The summed E-state index contributed by atoms with van der Waals surface area (Å²) in [6.07, 6.45) is 3.81. The number of amides is 1. The SMILES string of the molecule is COc1cc(OC)c(OC)cc1CNC(=O)c1cnn(-c2ccccc2C)c1C1CC1. The highest BCUT2D eigenvalue weighted by atomic mass is 16.5. The van der Waals surface area contributed by atoms with Gasteiger partial charge in [-0.25, -0.2) is 4.68 Å². The highest BCUT2D eigenvalue weighted by Crippen LogP contribution is 2.42. The maximum absolute atomic E-state index is 13.1. The number of nitrogens with zero attached hydrogens (tertiary/aromatic N) is 2. The van der Waals surface area contributed by atoms with E-state index in [4.69, 9.17) is 14.2 Å². The van der Waals surface area contributed by atoms with Crippen molar-refractivity contribution in [3.05, 3.63) is 65.0 Å². The quantitative estimate of drug-likeness (QED) is 0.595. The van der Waals surface area contributed by atoms with Crippen LogP contribution < -0.4 is 19.5 Å². The minimum absolute atomic E-state index is 0.154. The first-order chi connectivity index (χ1) is 15.1. The van der Waals surface area contributed by atoms with Crippen LogP contribution in [0.3, 0.4) is 0 Å². The summed E-state index contributed by atoms with van der Waals surface area (Å²) in [5.74, 6) is 1.98. The Bertz CT molecular complexity index is 1100. The molecule has 0 spiro atoms. The highest BCUT2D eigenvalue weighted by molar-refractivity contribution is 5.95. The minimum atomic E-state index is -0.154. The van der Waals surface area contributed by atoms with Crippen LogP contribution in [0.2, 0.25) is 0 Å². The summed E-state index contributed by atoms with van der Waals surface area (Å²) in [6.45, 7) is 2.35. The van der Waals surface area contributed by atoms with Crippen molar-refractivity contribution in [2.75, 3.05) is 21.3 Å². The zero-order chi connectivity index (χ0) is 22.0. The van der Waals surface area contributed by atoms with Crippen molar-refractivity contribution in [2.24, 2.45) is 0 Å². The molecule has 31 heavy (non-hydrogen) atoms. The van der Waals surface area contributed by atoms with Gasteiger partial charge < -0.3 is 19.5 Å². The van der Waals surface area contributed by atoms with E-state index >= 15 is 0 Å². The molecule has 1 aliphatic carbocycles. The van der Waals surface area contributed by atoms with Crippen molar-refractivity contribution >= 4 is 5.91 Å². The maximum atomic E-state index is 13.1. The van der Waals surface area contributed by atoms with Crippen molar-refractivity contribution in [3.63, 3.8) is 0 Å². The van der Waals surface area contributed by atoms with E-state index in [0.717, 1.165) is 35.3 Å². The van der Waals surface area contributed by atoms with Crippen LogP contribution in [0.4, 0.5) is 0 Å². The lowest BCUT2D eigenvalue weighted by molar-refractivity contribution is 0.0949. The molecule has 1 heterocycles. The summed E-state index contributed by atoms with van der Waals surface area (Å²) in [5, 5.41) is 7.58. The number of ether oxygens (including phenoxy) is 3. The fourth-order valence-corrected chi connectivity index (χ4v) is 3.78. The van der Waals surface area contributed by atoms with Crippen molar-refractivity contribution in [1.82, 2.24) is 15.1 Å². The van der Waals surface area contributed by atoms with Crippen LogP contribution in [-0.2, 0) is 6.54 Å². The summed E-state index contributed by atoms with van der Waals surface area (Å²) < 4.78 is 18.1. The third kappa shape index (κ3) is 4.08. The number of para-hydroxylation sites is 1. The van der Waals surface area contributed by atoms with Crippen LogP contribution in [0.5, 0.6) is 17.2 Å². The lowest BCUT2D eigenvalue weighted by Gasteiger charge is -2.15. The van der Waals surface area contributed by atoms with Gasteiger partial charge in [-0.15, -0.1) is 0 Å². The Morgan fingerprint density at radius 2 is 1.74 bits per heavy atom. The number of methoxy groups -OCH3 is 3. The molecule has 1 saturated carbocycles. The number of carbonyl (C=O) groups is 1. The molecular formula is C24H27N3O4. The zero-order valence-electron chi connectivity index (χ0n) is 18.3. The van der Waals surface area contributed by atoms with Crippen molar-refractivity contribution in [1.29, 1.82) is 0 Å². The van der Waals surface area contributed by atoms with Gasteiger partial charge in [0, 0.05) is 24.1 Å². The van der Waals surface area contributed by atoms with Crippen LogP contribution in [0.1, 0.15) is 45.9 Å². The number of benzene rings is 2. The molecular weight excluding hydrogens is 394 g/mol. The monoisotopic (exact) mass is 421 g/mol. The molecule has 3 aromatic rings. The third-order valence-corrected chi connectivity index (χ3v) is 5.58. The average molecular weight is 421 g/mol. The molecule has 1 amide bonds. The zero-order valence-corrected chi connectivity index (χ0v) is 18.3. The van der Waals surface area contributed by atoms with Crippen LogP contribution in [-0.4, -0.2) is 37.0 Å². The first-order valence-electron chi connectivity index (χ1n) is 10.3. The van der Waals surface area contributed by atoms with Gasteiger partial charge in [0.1, 0.15) is 5.75 Å². The van der Waals surface area contributed by atoms with E-state index in [2.05, 4.69) is 23.4 Å². The van der Waals surface area contributed by atoms with E-state index in [9.17, 15) is 4.79 Å². The fraction of sp³-hybridized carbons (Fsp3) is 0.333. The lowest BCUT2D eigenvalue weighted by Crippen LogP contribution is -2.24. The Hall–Kier alpha value is -3.48. The van der Waals surface area contributed by atoms with E-state index in [1.54, 1.807) is 33.6 Å². The van der Waals surface area contributed by atoms with Crippen molar-refractivity contribution in [2.45, 2.75) is 32.2 Å². The normalized spacial score (nSPS) is 13.0. The Balaban J connectivity index is 1.60. The van der Waals surface area contributed by atoms with E-state index < -0.39 is 0 Å². The van der Waals surface area contributed by atoms with Gasteiger partial charge in [0.2, 0.25) is 0 Å². The first kappa shape index (κ1) is 20.8. The average Bonchev–Trinajstić information content (AvgIpc) is 3.55. The molecule has 7 nitrogen and oxygen atoms in total. The molecule has 1 N–H and O–H groups in total. The number of nitrogens with one attached hydrogen (secondary N) is 1. The minimum Gasteiger partial charge on any atom is -0.496 e. The highest BCUT2D eigenvalue weighted by Gasteiger charge is 2.33. The smallest absolute Gasteiger partial charge is 0.255 e. The van der Waals surface area contributed by atoms with Gasteiger partial charge in [-0.2, -0.15) is 5.10 Å². The molecule has 0 radical (unpaired) electrons. The second-order valence-corrected chi connectivity index (χ2v) is 7.62. The van der Waals surface area contributed by atoms with Crippen LogP contribution in [0, 0.1) is 6.92 Å². The van der Waals surface area contributed by atoms with Gasteiger partial charge >= 0.3 is 0 Å². The molecule has 1 aliphatic rings. The Morgan fingerprint density at radius 1 is 1.06 bits per heavy atom. The largest absolute Gasteiger partial charge is 0.496 e. The number of aryl methyl sites for hydroxylation is 1. The Labute approximate surface area is 181 Å². The number of carbonyl (C=O) groups excluding carboxylic acids is 1. The molecule has 2 aromatic carbocycles. The number of aromatic nitrogens is 2. The lowest BCUT2D eigenvalue weighted by atomic mass is 10.1. The number of rotatable bonds is 8. The van der Waals surface area contributed by atoms with E-state index in [1.165, 1.54) is 0 Å². The van der Waals surface area contributed by atoms with Gasteiger partial charge in [-0.1, -0.05) is 18.2 Å². The molecule has 0 saturated heterocycles. The second-order valence-electron chi connectivity index (χ2n) is 7.62. The van der Waals surface area contributed by atoms with Gasteiger partial charge in [0.25, 0.3) is 5.91 Å². The number of hydrogen-bond acceptors (Lipinski definition) is 5. The van der Waals surface area contributed by atoms with Crippen LogP contribution in [0.25, 0.3) is 5.69 Å². The second kappa shape index (κ2) is 8.71. The molecule has 162 valence electrons. The maximum Gasteiger partial charge on any atom is 0.255 e. The fourth-order valence-electron chi connectivity index (χ4n) is 3.78. The topological polar surface area (TPSA) is 74.6 Å². The Kier molecular flexibility index (Phi) is 5.84. The summed E-state index contributed by atoms with van der Waals surface area (Å²) >= 11 is 0. The molecule has 7 heteroatoms. The molecule has 0 aliphatic heterocycles. The molecule has 1 fully saturated rings. The molecule has 0 unspecified atom stereocenters. The predicted octanol–water partition coefficient (Wildman–Crippen LogP) is 4.01. The number of hydrogen-bond donors (Lipinski definition) is 1. The predicted molar refractivity (Wildman–Crippen MR) is 118 cm³/mol. The molecule has 0 bridgehead atoms. The summed E-state index contributed by atoms with van der Waals surface area (Å²) in [4.78, 5) is 13.1. The van der Waals surface area contributed by atoms with E-state index in [0.29, 0.717) is 35.3 Å². The summed E-state index contributed by atoms with van der Waals surface area (Å²) in [7, 11) is 4.74. The third-order valence-electron chi connectivity index (χ3n) is 5.58. The van der Waals surface area contributed by atoms with Crippen LogP contribution in [0.15, 0.2) is 42.6 Å². The van der Waals surface area contributed by atoms with Gasteiger partial charge in [0.05, 0.1) is 44.5 Å². The van der Waals surface area contributed by atoms with Crippen LogP contribution >= 0.6 is 0 Å². The van der Waals surface area contributed by atoms with Gasteiger partial charge in [-0.3, -0.25) is 4.79 Å². The molecule has 4 rings (SSSR count). The first-order valence-corrected chi connectivity index (χ1v) is 10.3.